The number of imidazole rings is 1. The molecule has 1 aromatic heterocycles. The normalized spacial score (nSPS) is 15.0. The third-order valence-corrected chi connectivity index (χ3v) is 5.56. The molecule has 0 saturated heterocycles. The number of rotatable bonds is 5. The zero-order chi connectivity index (χ0) is 21.5. The van der Waals surface area contributed by atoms with Gasteiger partial charge < -0.3 is 20.5 Å². The largest absolute Gasteiger partial charge is 0.364 e. The van der Waals surface area contributed by atoms with Crippen molar-refractivity contribution in [3.8, 4) is 11.3 Å². The minimum atomic E-state index is -0.280. The molecule has 1 aliphatic rings. The highest BCUT2D eigenvalue weighted by Gasteiger charge is 2.36. The molecule has 2 heterocycles. The maximum atomic E-state index is 14.0. The second kappa shape index (κ2) is 7.61. The first kappa shape index (κ1) is 20.2. The van der Waals surface area contributed by atoms with Gasteiger partial charge in [0.05, 0.1) is 12.1 Å². The van der Waals surface area contributed by atoms with Crippen molar-refractivity contribution in [2.75, 3.05) is 18.4 Å². The molecule has 1 aliphatic heterocycles. The first-order valence-electron chi connectivity index (χ1n) is 10.1. The zero-order valence-electron chi connectivity index (χ0n) is 17.7. The summed E-state index contributed by atoms with van der Waals surface area (Å²) in [6.45, 7) is 12.3. The molecule has 5 nitrogen and oxygen atoms in total. The fourth-order valence-corrected chi connectivity index (χ4v) is 4.07. The van der Waals surface area contributed by atoms with E-state index in [1.165, 1.54) is 17.7 Å². The Balaban J connectivity index is 1.87. The van der Waals surface area contributed by atoms with E-state index < -0.39 is 0 Å². The number of aromatic nitrogens is 2. The molecule has 3 N–H and O–H groups in total. The Morgan fingerprint density at radius 1 is 1.23 bits per heavy atom. The molecule has 2 aromatic carbocycles. The number of hydrogen-bond donors (Lipinski definition) is 2. The molecular formula is C24H28FN5. The van der Waals surface area contributed by atoms with Crippen molar-refractivity contribution >= 4 is 11.5 Å². The van der Waals surface area contributed by atoms with Crippen LogP contribution in [0.4, 0.5) is 15.9 Å². The van der Waals surface area contributed by atoms with Crippen LogP contribution in [0.25, 0.3) is 11.3 Å². The van der Waals surface area contributed by atoms with E-state index >= 15 is 0 Å². The van der Waals surface area contributed by atoms with E-state index in [2.05, 4.69) is 54.3 Å². The van der Waals surface area contributed by atoms with E-state index in [1.54, 1.807) is 6.07 Å². The number of nitrogens with one attached hydrogen (secondary N) is 1. The lowest BCUT2D eigenvalue weighted by Gasteiger charge is -2.42. The molecule has 0 amide bonds. The molecule has 0 fully saturated rings. The highest BCUT2D eigenvalue weighted by molar-refractivity contribution is 5.77. The van der Waals surface area contributed by atoms with Crippen molar-refractivity contribution in [1.29, 1.82) is 0 Å². The number of hydrogen-bond acceptors (Lipinski definition) is 4. The number of benzene rings is 2. The van der Waals surface area contributed by atoms with E-state index in [1.807, 2.05) is 18.2 Å². The van der Waals surface area contributed by atoms with Crippen LogP contribution in [0.1, 0.15) is 25.2 Å². The maximum Gasteiger partial charge on any atom is 0.139 e. The molecular weight excluding hydrogens is 377 g/mol. The van der Waals surface area contributed by atoms with Gasteiger partial charge in [-0.3, -0.25) is 0 Å². The monoisotopic (exact) mass is 405 g/mol. The number of halogens is 1. The molecule has 0 saturated carbocycles. The Morgan fingerprint density at radius 2 is 1.97 bits per heavy atom. The van der Waals surface area contributed by atoms with Gasteiger partial charge in [-0.05, 0) is 45.0 Å². The van der Waals surface area contributed by atoms with Crippen LogP contribution < -0.4 is 11.1 Å². The Bertz CT molecular complexity index is 1080. The molecule has 0 atom stereocenters. The van der Waals surface area contributed by atoms with Crippen LogP contribution in [0.15, 0.2) is 60.8 Å². The van der Waals surface area contributed by atoms with Gasteiger partial charge in [-0.25, -0.2) is 9.37 Å². The summed E-state index contributed by atoms with van der Waals surface area (Å²) in [7, 11) is 0. The van der Waals surface area contributed by atoms with Gasteiger partial charge in [-0.15, -0.1) is 0 Å². The third-order valence-electron chi connectivity index (χ3n) is 5.56. The summed E-state index contributed by atoms with van der Waals surface area (Å²) in [5.74, 6) is 1.48. The SMILES string of the molecule is C=C(CN)N1Cc2nc(-c3cccc(F)c3)c(Nc3ccc(C)cc3)n2C(C)(C)C1. The lowest BCUT2D eigenvalue weighted by atomic mass is 10.0. The van der Waals surface area contributed by atoms with Gasteiger partial charge >= 0.3 is 0 Å². The molecule has 30 heavy (non-hydrogen) atoms. The second-order valence-corrected chi connectivity index (χ2v) is 8.50. The van der Waals surface area contributed by atoms with Gasteiger partial charge in [0.25, 0.3) is 0 Å². The molecule has 0 aliphatic carbocycles. The summed E-state index contributed by atoms with van der Waals surface area (Å²) in [5.41, 5.74) is 10.1. The van der Waals surface area contributed by atoms with E-state index in [-0.39, 0.29) is 11.4 Å². The lowest BCUT2D eigenvalue weighted by molar-refractivity contribution is 0.165. The van der Waals surface area contributed by atoms with Crippen molar-refractivity contribution in [3.05, 3.63) is 78.0 Å². The summed E-state index contributed by atoms with van der Waals surface area (Å²) >= 11 is 0. The predicted molar refractivity (Wildman–Crippen MR) is 120 cm³/mol. The van der Waals surface area contributed by atoms with Gasteiger partial charge in [-0.1, -0.05) is 36.4 Å². The number of nitrogens with two attached hydrogens (primary N) is 1. The minimum absolute atomic E-state index is 0.267. The summed E-state index contributed by atoms with van der Waals surface area (Å²) in [4.78, 5) is 7.12. The fourth-order valence-electron chi connectivity index (χ4n) is 4.07. The Morgan fingerprint density at radius 3 is 2.63 bits per heavy atom. The average Bonchev–Trinajstić information content (AvgIpc) is 3.08. The van der Waals surface area contributed by atoms with E-state index in [9.17, 15) is 4.39 Å². The van der Waals surface area contributed by atoms with Gasteiger partial charge in [0, 0.05) is 30.0 Å². The summed E-state index contributed by atoms with van der Waals surface area (Å²) in [6.07, 6.45) is 0. The van der Waals surface area contributed by atoms with Crippen molar-refractivity contribution in [2.45, 2.75) is 32.9 Å². The molecule has 4 rings (SSSR count). The van der Waals surface area contributed by atoms with Crippen molar-refractivity contribution in [3.63, 3.8) is 0 Å². The number of anilines is 2. The summed E-state index contributed by atoms with van der Waals surface area (Å²) < 4.78 is 16.2. The topological polar surface area (TPSA) is 59.1 Å². The zero-order valence-corrected chi connectivity index (χ0v) is 17.7. The number of fused-ring (bicyclic) bond motifs is 1. The van der Waals surface area contributed by atoms with Gasteiger partial charge in [0.15, 0.2) is 0 Å². The highest BCUT2D eigenvalue weighted by Crippen LogP contribution is 2.39. The Kier molecular flexibility index (Phi) is 5.12. The average molecular weight is 406 g/mol. The van der Waals surface area contributed by atoms with Crippen LogP contribution in [0.3, 0.4) is 0 Å². The number of nitrogens with zero attached hydrogens (tertiary/aromatic N) is 3. The van der Waals surface area contributed by atoms with Gasteiger partial charge in [0.1, 0.15) is 23.2 Å². The first-order valence-corrected chi connectivity index (χ1v) is 10.1. The molecule has 0 bridgehead atoms. The molecule has 0 unspecified atom stereocenters. The van der Waals surface area contributed by atoms with Crippen LogP contribution >= 0.6 is 0 Å². The van der Waals surface area contributed by atoms with E-state index in [0.29, 0.717) is 13.1 Å². The first-order chi connectivity index (χ1) is 14.3. The number of aryl methyl sites for hydroxylation is 1. The van der Waals surface area contributed by atoms with E-state index in [0.717, 1.165) is 40.8 Å². The highest BCUT2D eigenvalue weighted by atomic mass is 19.1. The van der Waals surface area contributed by atoms with Crippen molar-refractivity contribution in [2.24, 2.45) is 5.73 Å². The second-order valence-electron chi connectivity index (χ2n) is 8.50. The molecule has 0 spiro atoms. The minimum Gasteiger partial charge on any atom is -0.364 e. The Labute approximate surface area is 177 Å². The van der Waals surface area contributed by atoms with Crippen LogP contribution in [-0.4, -0.2) is 27.5 Å². The van der Waals surface area contributed by atoms with E-state index in [4.69, 9.17) is 10.7 Å². The van der Waals surface area contributed by atoms with Crippen molar-refractivity contribution in [1.82, 2.24) is 14.5 Å². The van der Waals surface area contributed by atoms with Gasteiger partial charge in [-0.2, -0.15) is 0 Å². The van der Waals surface area contributed by atoms with Crippen LogP contribution in [-0.2, 0) is 12.1 Å². The quantitative estimate of drug-likeness (QED) is 0.642. The van der Waals surface area contributed by atoms with Crippen LogP contribution in [0.2, 0.25) is 0 Å². The summed E-state index contributed by atoms with van der Waals surface area (Å²) in [6, 6.07) is 14.8. The molecule has 156 valence electrons. The van der Waals surface area contributed by atoms with Crippen LogP contribution in [0, 0.1) is 12.7 Å². The molecule has 3 aromatic rings. The standard InChI is InChI=1S/C24H28FN5/c1-16-8-10-20(11-9-16)27-23-22(18-6-5-7-19(25)12-18)28-21-14-29(17(2)13-26)15-24(3,4)30(21)23/h5-12,27H,2,13-15,26H2,1,3-4H3. The Hall–Kier alpha value is -3.12. The summed E-state index contributed by atoms with van der Waals surface area (Å²) in [5, 5.41) is 3.55. The molecule has 0 radical (unpaired) electrons. The smallest absolute Gasteiger partial charge is 0.139 e. The lowest BCUT2D eigenvalue weighted by Crippen LogP contribution is -2.47. The van der Waals surface area contributed by atoms with Crippen LogP contribution in [0.5, 0.6) is 0 Å². The maximum absolute atomic E-state index is 14.0. The van der Waals surface area contributed by atoms with Crippen molar-refractivity contribution < 1.29 is 4.39 Å². The predicted octanol–water partition coefficient (Wildman–Crippen LogP) is 4.76. The van der Waals surface area contributed by atoms with Gasteiger partial charge in [0.2, 0.25) is 0 Å². The third kappa shape index (κ3) is 3.71. The molecule has 6 heteroatoms. The fraction of sp³-hybridized carbons (Fsp3) is 0.292.